The Balaban J connectivity index is 1.30. The van der Waals surface area contributed by atoms with Crippen LogP contribution < -0.4 is 10.1 Å². The molecule has 0 bridgehead atoms. The topological polar surface area (TPSA) is 57.7 Å². The van der Waals surface area contributed by atoms with Gasteiger partial charge in [-0.3, -0.25) is 19.6 Å². The molecule has 5 rings (SSSR count). The zero-order valence-corrected chi connectivity index (χ0v) is 19.9. The summed E-state index contributed by atoms with van der Waals surface area (Å²) in [5.74, 6) is 0.687. The lowest BCUT2D eigenvalue weighted by atomic mass is 10.0. The second-order valence-corrected chi connectivity index (χ2v) is 8.84. The van der Waals surface area contributed by atoms with Crippen LogP contribution in [0, 0.1) is 0 Å². The van der Waals surface area contributed by atoms with Gasteiger partial charge < -0.3 is 10.1 Å². The summed E-state index contributed by atoms with van der Waals surface area (Å²) >= 11 is 0. The number of rotatable bonds is 7. The summed E-state index contributed by atoms with van der Waals surface area (Å²) in [5.41, 5.74) is 4.04. The second kappa shape index (κ2) is 10.7. The van der Waals surface area contributed by atoms with E-state index in [-0.39, 0.29) is 11.9 Å². The van der Waals surface area contributed by atoms with Gasteiger partial charge in [-0.2, -0.15) is 0 Å². The summed E-state index contributed by atoms with van der Waals surface area (Å²) in [7, 11) is 1.63. The van der Waals surface area contributed by atoms with E-state index in [4.69, 9.17) is 4.74 Å². The fourth-order valence-electron chi connectivity index (χ4n) is 4.79. The molecule has 6 nitrogen and oxygen atoms in total. The third-order valence-electron chi connectivity index (χ3n) is 6.58. The van der Waals surface area contributed by atoms with Crippen molar-refractivity contribution in [2.75, 3.05) is 38.6 Å². The molecule has 1 aromatic heterocycles. The minimum Gasteiger partial charge on any atom is -0.497 e. The van der Waals surface area contributed by atoms with Gasteiger partial charge in [0.05, 0.1) is 12.6 Å². The summed E-state index contributed by atoms with van der Waals surface area (Å²) in [6.45, 7) is 4.25. The quantitative estimate of drug-likeness (QED) is 0.426. The second-order valence-electron chi connectivity index (χ2n) is 8.84. The van der Waals surface area contributed by atoms with Crippen LogP contribution in [-0.2, 0) is 11.3 Å². The highest BCUT2D eigenvalue weighted by atomic mass is 16.5. The average molecular weight is 467 g/mol. The number of methoxy groups -OCH3 is 1. The molecule has 1 atom stereocenters. The lowest BCUT2D eigenvalue weighted by Gasteiger charge is -2.39. The van der Waals surface area contributed by atoms with Crippen molar-refractivity contribution in [3.8, 4) is 5.75 Å². The van der Waals surface area contributed by atoms with Crippen LogP contribution >= 0.6 is 0 Å². The number of aromatic nitrogens is 1. The molecule has 1 aliphatic rings. The molecule has 0 saturated carbocycles. The molecule has 6 heteroatoms. The van der Waals surface area contributed by atoms with Gasteiger partial charge in [0, 0.05) is 56.1 Å². The maximum Gasteiger partial charge on any atom is 0.246 e. The third kappa shape index (κ3) is 5.34. The van der Waals surface area contributed by atoms with Crippen molar-refractivity contribution >= 4 is 22.5 Å². The zero-order valence-electron chi connectivity index (χ0n) is 19.9. The summed E-state index contributed by atoms with van der Waals surface area (Å²) in [5, 5.41) is 4.27. The van der Waals surface area contributed by atoms with Crippen molar-refractivity contribution in [1.82, 2.24) is 14.8 Å². The Hall–Kier alpha value is -3.74. The van der Waals surface area contributed by atoms with Gasteiger partial charge in [-0.15, -0.1) is 0 Å². The number of hydrogen-bond acceptors (Lipinski definition) is 5. The van der Waals surface area contributed by atoms with Crippen LogP contribution in [0.4, 0.5) is 5.69 Å². The van der Waals surface area contributed by atoms with Crippen LogP contribution in [0.3, 0.4) is 0 Å². The Labute approximate surface area is 206 Å². The van der Waals surface area contributed by atoms with Gasteiger partial charge >= 0.3 is 0 Å². The van der Waals surface area contributed by atoms with Crippen LogP contribution in [0.25, 0.3) is 10.9 Å². The Morgan fingerprint density at radius 1 is 0.943 bits per heavy atom. The van der Waals surface area contributed by atoms with E-state index in [0.717, 1.165) is 55.2 Å². The van der Waals surface area contributed by atoms with E-state index in [9.17, 15) is 4.79 Å². The van der Waals surface area contributed by atoms with Gasteiger partial charge in [-0.05, 0) is 29.3 Å². The van der Waals surface area contributed by atoms with Crippen LogP contribution in [0.2, 0.25) is 0 Å². The number of hydrogen-bond donors (Lipinski definition) is 1. The summed E-state index contributed by atoms with van der Waals surface area (Å²) in [6, 6.07) is 27.6. The van der Waals surface area contributed by atoms with Crippen molar-refractivity contribution in [2.24, 2.45) is 0 Å². The number of pyridine rings is 1. The van der Waals surface area contributed by atoms with E-state index in [0.29, 0.717) is 0 Å². The summed E-state index contributed by atoms with van der Waals surface area (Å²) < 4.78 is 5.31. The molecule has 178 valence electrons. The van der Waals surface area contributed by atoms with E-state index >= 15 is 0 Å². The highest BCUT2D eigenvalue weighted by molar-refractivity contribution is 5.95. The van der Waals surface area contributed by atoms with Gasteiger partial charge in [-0.25, -0.2) is 0 Å². The van der Waals surface area contributed by atoms with Gasteiger partial charge in [-0.1, -0.05) is 60.7 Å². The zero-order chi connectivity index (χ0) is 24.0. The highest BCUT2D eigenvalue weighted by Crippen LogP contribution is 2.26. The molecule has 1 amide bonds. The molecule has 1 aliphatic heterocycles. The maximum absolute atomic E-state index is 13.5. The monoisotopic (exact) mass is 466 g/mol. The number of amides is 1. The predicted octanol–water partition coefficient (Wildman–Crippen LogP) is 4.74. The van der Waals surface area contributed by atoms with E-state index in [1.165, 1.54) is 10.9 Å². The molecule has 3 aromatic carbocycles. The molecule has 1 fully saturated rings. The van der Waals surface area contributed by atoms with Crippen molar-refractivity contribution in [1.29, 1.82) is 0 Å². The Bertz CT molecular complexity index is 1280. The van der Waals surface area contributed by atoms with Crippen LogP contribution in [0.1, 0.15) is 17.2 Å². The number of nitrogens with one attached hydrogen (secondary N) is 1. The molecular formula is C29H30N4O2. The van der Waals surface area contributed by atoms with Crippen molar-refractivity contribution < 1.29 is 9.53 Å². The largest absolute Gasteiger partial charge is 0.497 e. The predicted molar refractivity (Wildman–Crippen MR) is 139 cm³/mol. The molecule has 1 saturated heterocycles. The van der Waals surface area contributed by atoms with Gasteiger partial charge in [0.2, 0.25) is 5.91 Å². The first-order valence-corrected chi connectivity index (χ1v) is 12.0. The average Bonchev–Trinajstić information content (AvgIpc) is 2.91. The summed E-state index contributed by atoms with van der Waals surface area (Å²) in [6.07, 6.45) is 1.86. The number of nitrogens with zero attached hydrogens (tertiary/aromatic N) is 3. The van der Waals surface area contributed by atoms with Crippen LogP contribution in [-0.4, -0.2) is 54.0 Å². The number of piperazine rings is 1. The van der Waals surface area contributed by atoms with Gasteiger partial charge in [0.15, 0.2) is 0 Å². The van der Waals surface area contributed by atoms with Crippen molar-refractivity contribution in [3.05, 3.63) is 102 Å². The first-order valence-electron chi connectivity index (χ1n) is 12.0. The minimum atomic E-state index is -0.358. The fraction of sp³-hybridized carbons (Fsp3) is 0.241. The molecule has 4 aromatic rings. The van der Waals surface area contributed by atoms with E-state index in [1.54, 1.807) is 7.11 Å². The van der Waals surface area contributed by atoms with Gasteiger partial charge in [0.25, 0.3) is 0 Å². The van der Waals surface area contributed by atoms with Crippen LogP contribution in [0.5, 0.6) is 5.75 Å². The minimum absolute atomic E-state index is 0.0313. The Morgan fingerprint density at radius 3 is 2.51 bits per heavy atom. The molecule has 2 heterocycles. The SMILES string of the molecule is COc1cccc(NC(=O)[C@@H](c2ccccc2)N2CCN(Cc3cccc4cccnc34)CC2)c1. The summed E-state index contributed by atoms with van der Waals surface area (Å²) in [4.78, 5) is 22.8. The maximum atomic E-state index is 13.5. The normalized spacial score (nSPS) is 15.6. The van der Waals surface area contributed by atoms with E-state index in [1.807, 2.05) is 66.9 Å². The third-order valence-corrected chi connectivity index (χ3v) is 6.58. The van der Waals surface area contributed by atoms with Crippen LogP contribution in [0.15, 0.2) is 91.1 Å². The molecule has 0 spiro atoms. The van der Waals surface area contributed by atoms with Gasteiger partial charge in [0.1, 0.15) is 11.8 Å². The first-order chi connectivity index (χ1) is 17.2. The number of fused-ring (bicyclic) bond motifs is 1. The molecule has 0 radical (unpaired) electrons. The highest BCUT2D eigenvalue weighted by Gasteiger charge is 2.30. The number of carbonyl (C=O) groups excluding carboxylic acids is 1. The molecule has 0 unspecified atom stereocenters. The number of carbonyl (C=O) groups is 1. The molecule has 35 heavy (non-hydrogen) atoms. The molecule has 0 aliphatic carbocycles. The van der Waals surface area contributed by atoms with E-state index < -0.39 is 0 Å². The standard InChI is InChI=1S/C29H30N4O2/c1-35-26-14-6-13-25(20-26)31-29(34)28(23-8-3-2-4-9-23)33-18-16-32(17-19-33)21-24-11-5-10-22-12-7-15-30-27(22)24/h2-15,20,28H,16-19,21H2,1H3,(H,31,34)/t28-/m1/s1. The molecule has 1 N–H and O–H groups in total. The Morgan fingerprint density at radius 2 is 1.71 bits per heavy atom. The first kappa shape index (κ1) is 23.0. The lowest BCUT2D eigenvalue weighted by Crippen LogP contribution is -2.49. The Kier molecular flexibility index (Phi) is 7.02. The number of para-hydroxylation sites is 1. The number of ether oxygens (including phenoxy) is 1. The van der Waals surface area contributed by atoms with Crippen molar-refractivity contribution in [3.63, 3.8) is 0 Å². The number of anilines is 1. The van der Waals surface area contributed by atoms with Crippen molar-refractivity contribution in [2.45, 2.75) is 12.6 Å². The lowest BCUT2D eigenvalue weighted by molar-refractivity contribution is -0.122. The van der Waals surface area contributed by atoms with E-state index in [2.05, 4.69) is 44.4 Å². The number of benzene rings is 3. The smallest absolute Gasteiger partial charge is 0.246 e. The molecular weight excluding hydrogens is 436 g/mol. The fourth-order valence-corrected chi connectivity index (χ4v) is 4.79.